The molecule has 0 spiro atoms. The van der Waals surface area contributed by atoms with E-state index in [2.05, 4.69) is 46.9 Å². The fourth-order valence-corrected chi connectivity index (χ4v) is 3.56. The summed E-state index contributed by atoms with van der Waals surface area (Å²) in [5.41, 5.74) is 2.55. The van der Waals surface area contributed by atoms with Crippen molar-refractivity contribution in [2.24, 2.45) is 5.41 Å². The lowest BCUT2D eigenvalue weighted by Crippen LogP contribution is -2.36. The Morgan fingerprint density at radius 3 is 2.65 bits per heavy atom. The van der Waals surface area contributed by atoms with Crippen LogP contribution in [0.5, 0.6) is 0 Å². The highest BCUT2D eigenvalue weighted by Gasteiger charge is 2.25. The second-order valence-electron chi connectivity index (χ2n) is 7.96. The summed E-state index contributed by atoms with van der Waals surface area (Å²) in [6.07, 6.45) is 2.96. The van der Waals surface area contributed by atoms with Gasteiger partial charge in [-0.1, -0.05) is 49.4 Å². The van der Waals surface area contributed by atoms with Crippen LogP contribution >= 0.6 is 0 Å². The SMILES string of the molecule is Cc1c(C(=O)NCC(C)(C)Cc2ccccc2)nnn1C1CCNCC1. The van der Waals surface area contributed by atoms with Gasteiger partial charge >= 0.3 is 0 Å². The number of hydrogen-bond acceptors (Lipinski definition) is 4. The lowest BCUT2D eigenvalue weighted by atomic mass is 9.85. The summed E-state index contributed by atoms with van der Waals surface area (Å²) in [5, 5.41) is 14.8. The average molecular weight is 355 g/mol. The molecule has 1 saturated heterocycles. The number of carbonyl (C=O) groups is 1. The van der Waals surface area contributed by atoms with E-state index in [4.69, 9.17) is 0 Å². The zero-order valence-corrected chi connectivity index (χ0v) is 16.0. The molecular weight excluding hydrogens is 326 g/mol. The van der Waals surface area contributed by atoms with Crippen molar-refractivity contribution in [3.63, 3.8) is 0 Å². The van der Waals surface area contributed by atoms with Gasteiger partial charge in [-0.2, -0.15) is 0 Å². The third-order valence-electron chi connectivity index (χ3n) is 5.05. The van der Waals surface area contributed by atoms with Crippen molar-refractivity contribution >= 4 is 5.91 Å². The molecule has 2 N–H and O–H groups in total. The van der Waals surface area contributed by atoms with Crippen LogP contribution in [0.4, 0.5) is 0 Å². The summed E-state index contributed by atoms with van der Waals surface area (Å²) < 4.78 is 1.92. The number of nitrogens with one attached hydrogen (secondary N) is 2. The largest absolute Gasteiger partial charge is 0.350 e. The van der Waals surface area contributed by atoms with Crippen LogP contribution in [0.15, 0.2) is 30.3 Å². The highest BCUT2D eigenvalue weighted by Crippen LogP contribution is 2.22. The first kappa shape index (κ1) is 18.6. The molecule has 1 aliphatic rings. The molecule has 3 rings (SSSR count). The molecule has 0 saturated carbocycles. The van der Waals surface area contributed by atoms with Gasteiger partial charge in [0, 0.05) is 6.54 Å². The number of amides is 1. The molecule has 0 unspecified atom stereocenters. The van der Waals surface area contributed by atoms with Crippen LogP contribution in [0.2, 0.25) is 0 Å². The monoisotopic (exact) mass is 355 g/mol. The van der Waals surface area contributed by atoms with E-state index < -0.39 is 0 Å². The predicted octanol–water partition coefficient (Wildman–Crippen LogP) is 2.51. The molecule has 6 heteroatoms. The van der Waals surface area contributed by atoms with E-state index in [9.17, 15) is 4.79 Å². The minimum atomic E-state index is -0.135. The van der Waals surface area contributed by atoms with E-state index in [0.717, 1.165) is 38.0 Å². The topological polar surface area (TPSA) is 71.8 Å². The first-order chi connectivity index (χ1) is 12.5. The highest BCUT2D eigenvalue weighted by atomic mass is 16.2. The van der Waals surface area contributed by atoms with Crippen molar-refractivity contribution in [1.82, 2.24) is 25.6 Å². The van der Waals surface area contributed by atoms with E-state index in [1.807, 2.05) is 29.8 Å². The summed E-state index contributed by atoms with van der Waals surface area (Å²) >= 11 is 0. The molecule has 0 radical (unpaired) electrons. The van der Waals surface area contributed by atoms with Crippen LogP contribution in [0.25, 0.3) is 0 Å². The standard InChI is InChI=1S/C20H29N5O/c1-15-18(23-24-25(15)17-9-11-21-12-10-17)19(26)22-14-20(2,3)13-16-7-5-4-6-8-16/h4-8,17,21H,9-14H2,1-3H3,(H,22,26). The van der Waals surface area contributed by atoms with Crippen LogP contribution in [0, 0.1) is 12.3 Å². The van der Waals surface area contributed by atoms with Crippen LogP contribution in [-0.4, -0.2) is 40.5 Å². The summed E-state index contributed by atoms with van der Waals surface area (Å²) in [6.45, 7) is 8.84. The maximum absolute atomic E-state index is 12.6. The van der Waals surface area contributed by atoms with E-state index in [0.29, 0.717) is 18.3 Å². The zero-order chi connectivity index (χ0) is 18.6. The van der Waals surface area contributed by atoms with Crippen molar-refractivity contribution in [3.8, 4) is 0 Å². The lowest BCUT2D eigenvalue weighted by molar-refractivity contribution is 0.0930. The number of benzene rings is 1. The average Bonchev–Trinajstić information content (AvgIpc) is 3.02. The smallest absolute Gasteiger partial charge is 0.273 e. The summed E-state index contributed by atoms with van der Waals surface area (Å²) in [5.74, 6) is -0.135. The molecule has 0 bridgehead atoms. The van der Waals surface area contributed by atoms with E-state index in [1.165, 1.54) is 5.56 Å². The van der Waals surface area contributed by atoms with Crippen LogP contribution in [0.1, 0.15) is 54.5 Å². The number of aromatic nitrogens is 3. The molecule has 1 amide bonds. The Labute approximate surface area is 155 Å². The van der Waals surface area contributed by atoms with Gasteiger partial charge < -0.3 is 10.6 Å². The van der Waals surface area contributed by atoms with Crippen molar-refractivity contribution < 1.29 is 4.79 Å². The Kier molecular flexibility index (Phi) is 5.71. The first-order valence-corrected chi connectivity index (χ1v) is 9.41. The van der Waals surface area contributed by atoms with Gasteiger partial charge in [-0.15, -0.1) is 5.10 Å². The summed E-state index contributed by atoms with van der Waals surface area (Å²) in [4.78, 5) is 12.6. The molecular formula is C20H29N5O. The van der Waals surface area contributed by atoms with Crippen molar-refractivity contribution in [3.05, 3.63) is 47.3 Å². The van der Waals surface area contributed by atoms with Gasteiger partial charge in [0.2, 0.25) is 0 Å². The van der Waals surface area contributed by atoms with E-state index in [-0.39, 0.29) is 11.3 Å². The molecule has 1 aromatic carbocycles. The number of hydrogen-bond donors (Lipinski definition) is 2. The fraction of sp³-hybridized carbons (Fsp3) is 0.550. The van der Waals surface area contributed by atoms with Crippen molar-refractivity contribution in [1.29, 1.82) is 0 Å². The minimum absolute atomic E-state index is 0.0318. The van der Waals surface area contributed by atoms with Gasteiger partial charge in [0.25, 0.3) is 5.91 Å². The van der Waals surface area contributed by atoms with Gasteiger partial charge in [0.15, 0.2) is 5.69 Å². The van der Waals surface area contributed by atoms with Crippen LogP contribution < -0.4 is 10.6 Å². The molecule has 0 atom stereocenters. The van der Waals surface area contributed by atoms with Gasteiger partial charge in [0.1, 0.15) is 0 Å². The third kappa shape index (κ3) is 4.49. The Hall–Kier alpha value is -2.21. The van der Waals surface area contributed by atoms with Gasteiger partial charge in [-0.3, -0.25) is 4.79 Å². The number of carbonyl (C=O) groups excluding carboxylic acids is 1. The predicted molar refractivity (Wildman–Crippen MR) is 102 cm³/mol. The normalized spacial score (nSPS) is 15.8. The molecule has 6 nitrogen and oxygen atoms in total. The van der Waals surface area contributed by atoms with Gasteiger partial charge in [0.05, 0.1) is 11.7 Å². The highest BCUT2D eigenvalue weighted by molar-refractivity contribution is 5.93. The quantitative estimate of drug-likeness (QED) is 0.835. The second-order valence-corrected chi connectivity index (χ2v) is 7.96. The molecule has 2 heterocycles. The molecule has 2 aromatic rings. The van der Waals surface area contributed by atoms with E-state index >= 15 is 0 Å². The van der Waals surface area contributed by atoms with Gasteiger partial charge in [-0.05, 0) is 50.3 Å². The van der Waals surface area contributed by atoms with Crippen LogP contribution in [-0.2, 0) is 6.42 Å². The Bertz CT molecular complexity index is 732. The van der Waals surface area contributed by atoms with Crippen molar-refractivity contribution in [2.45, 2.75) is 46.1 Å². The number of rotatable bonds is 6. The number of nitrogens with zero attached hydrogens (tertiary/aromatic N) is 3. The lowest BCUT2D eigenvalue weighted by Gasteiger charge is -2.25. The summed E-state index contributed by atoms with van der Waals surface area (Å²) in [6, 6.07) is 10.7. The Morgan fingerprint density at radius 2 is 1.96 bits per heavy atom. The van der Waals surface area contributed by atoms with Crippen molar-refractivity contribution in [2.75, 3.05) is 19.6 Å². The minimum Gasteiger partial charge on any atom is -0.350 e. The Balaban J connectivity index is 1.60. The summed E-state index contributed by atoms with van der Waals surface area (Å²) in [7, 11) is 0. The second kappa shape index (κ2) is 7.99. The number of piperidine rings is 1. The maximum atomic E-state index is 12.6. The molecule has 1 fully saturated rings. The van der Waals surface area contributed by atoms with E-state index in [1.54, 1.807) is 0 Å². The molecule has 0 aliphatic carbocycles. The molecule has 140 valence electrons. The third-order valence-corrected chi connectivity index (χ3v) is 5.05. The molecule has 26 heavy (non-hydrogen) atoms. The van der Waals surface area contributed by atoms with Gasteiger partial charge in [-0.25, -0.2) is 4.68 Å². The Morgan fingerprint density at radius 1 is 1.27 bits per heavy atom. The molecule has 1 aromatic heterocycles. The first-order valence-electron chi connectivity index (χ1n) is 9.41. The zero-order valence-electron chi connectivity index (χ0n) is 16.0. The van der Waals surface area contributed by atoms with Crippen LogP contribution in [0.3, 0.4) is 0 Å². The maximum Gasteiger partial charge on any atom is 0.273 e. The fourth-order valence-electron chi connectivity index (χ4n) is 3.56. The molecule has 1 aliphatic heterocycles.